The molecule has 0 aliphatic carbocycles. The van der Waals surface area contributed by atoms with E-state index in [0.29, 0.717) is 50.2 Å². The molecule has 7 rings (SSSR count). The van der Waals surface area contributed by atoms with Crippen LogP contribution in [0.3, 0.4) is 0 Å². The Balaban J connectivity index is 1.18. The number of pyridine rings is 1. The van der Waals surface area contributed by atoms with E-state index in [1.54, 1.807) is 19.2 Å². The standard InChI is InChI=1S/C35H44FN7O5S/c1-4-33(44)43-13-5-6-28(43)23-7-8-27(42-19-22(20-42)30-17-35(2,45)11-15-49(30,46)47)25-18-38-32(16-24(23)25)39-31-9-12-37-34(40-31)41-14-10-29(48-3)26(36)21-41/h4,7-9,12,16,18,22,26,28-30,45H,1,5-6,10-11,13-15,17,19-21H2,2-3H3,(H,37,38,39,40)/t26-,28-,29+,30+,35+/m0/s1. The lowest BCUT2D eigenvalue weighted by Gasteiger charge is -2.47. The lowest BCUT2D eigenvalue weighted by atomic mass is 9.86. The minimum atomic E-state index is -3.28. The molecule has 0 saturated carbocycles. The highest BCUT2D eigenvalue weighted by Crippen LogP contribution is 2.43. The summed E-state index contributed by atoms with van der Waals surface area (Å²) in [6.07, 6.45) is 5.98. The number of likely N-dealkylation sites (tertiary alicyclic amines) is 1. The van der Waals surface area contributed by atoms with Gasteiger partial charge in [0.25, 0.3) is 0 Å². The van der Waals surface area contributed by atoms with Crippen molar-refractivity contribution in [2.45, 2.75) is 68.2 Å². The minimum absolute atomic E-state index is 0.0102. The Labute approximate surface area is 286 Å². The van der Waals surface area contributed by atoms with Crippen LogP contribution in [0.4, 0.5) is 27.7 Å². The first-order valence-electron chi connectivity index (χ1n) is 17.0. The van der Waals surface area contributed by atoms with Gasteiger partial charge in [0.1, 0.15) is 17.8 Å². The molecule has 2 aromatic heterocycles. The van der Waals surface area contributed by atoms with E-state index < -0.39 is 33.0 Å². The maximum atomic E-state index is 14.6. The lowest BCUT2D eigenvalue weighted by molar-refractivity contribution is -0.126. The van der Waals surface area contributed by atoms with Crippen molar-refractivity contribution in [2.24, 2.45) is 5.92 Å². The zero-order chi connectivity index (χ0) is 34.5. The smallest absolute Gasteiger partial charge is 0.246 e. The van der Waals surface area contributed by atoms with Crippen molar-refractivity contribution in [3.63, 3.8) is 0 Å². The Morgan fingerprint density at radius 1 is 1.12 bits per heavy atom. The quantitative estimate of drug-likeness (QED) is 0.332. The molecule has 5 atom stereocenters. The van der Waals surface area contributed by atoms with Gasteiger partial charge in [0, 0.05) is 62.7 Å². The highest BCUT2D eigenvalue weighted by atomic mass is 32.2. The number of nitrogens with one attached hydrogen (secondary N) is 1. The van der Waals surface area contributed by atoms with Gasteiger partial charge in [0.2, 0.25) is 11.9 Å². The summed E-state index contributed by atoms with van der Waals surface area (Å²) in [5.41, 5.74) is 0.964. The summed E-state index contributed by atoms with van der Waals surface area (Å²) in [7, 11) is -1.76. The summed E-state index contributed by atoms with van der Waals surface area (Å²) in [5.74, 6) is 1.31. The van der Waals surface area contributed by atoms with Crippen LogP contribution in [0.15, 0.2) is 49.3 Å². The summed E-state index contributed by atoms with van der Waals surface area (Å²) in [5, 5.41) is 15.2. The number of ether oxygens (including phenoxy) is 1. The van der Waals surface area contributed by atoms with Crippen LogP contribution in [0.1, 0.15) is 50.6 Å². The number of aromatic nitrogens is 3. The van der Waals surface area contributed by atoms with Crippen LogP contribution in [-0.2, 0) is 19.4 Å². The summed E-state index contributed by atoms with van der Waals surface area (Å²) >= 11 is 0. The lowest BCUT2D eigenvalue weighted by Crippen LogP contribution is -2.57. The molecule has 2 N–H and O–H groups in total. The van der Waals surface area contributed by atoms with Crippen LogP contribution in [0.5, 0.6) is 0 Å². The highest BCUT2D eigenvalue weighted by molar-refractivity contribution is 7.92. The van der Waals surface area contributed by atoms with Gasteiger partial charge in [-0.05, 0) is 74.3 Å². The zero-order valence-corrected chi connectivity index (χ0v) is 28.8. The minimum Gasteiger partial charge on any atom is -0.390 e. The first-order chi connectivity index (χ1) is 23.5. The van der Waals surface area contributed by atoms with Crippen molar-refractivity contribution >= 4 is 49.8 Å². The number of carbonyl (C=O) groups excluding carboxylic acids is 1. The fraction of sp³-hybridized carbons (Fsp3) is 0.543. The zero-order valence-electron chi connectivity index (χ0n) is 28.0. The Hall–Kier alpha value is -3.88. The third kappa shape index (κ3) is 6.57. The molecule has 4 aliphatic rings. The molecular weight excluding hydrogens is 649 g/mol. The average molecular weight is 694 g/mol. The number of aliphatic hydroxyl groups is 1. The molecule has 262 valence electrons. The van der Waals surface area contributed by atoms with Crippen molar-refractivity contribution in [3.05, 3.63) is 54.9 Å². The van der Waals surface area contributed by atoms with Gasteiger partial charge in [-0.3, -0.25) is 4.79 Å². The van der Waals surface area contributed by atoms with E-state index in [2.05, 4.69) is 32.8 Å². The summed E-state index contributed by atoms with van der Waals surface area (Å²) in [6.45, 7) is 7.93. The molecule has 0 bridgehead atoms. The fourth-order valence-corrected chi connectivity index (χ4v) is 10.4. The highest BCUT2D eigenvalue weighted by Gasteiger charge is 2.47. The maximum Gasteiger partial charge on any atom is 0.246 e. The molecule has 1 amide bonds. The molecule has 4 fully saturated rings. The van der Waals surface area contributed by atoms with Gasteiger partial charge >= 0.3 is 0 Å². The molecule has 4 aliphatic heterocycles. The number of halogens is 1. The second-order valence-corrected chi connectivity index (χ2v) is 16.4. The number of alkyl halides is 1. The van der Waals surface area contributed by atoms with E-state index in [9.17, 15) is 22.7 Å². The van der Waals surface area contributed by atoms with Crippen molar-refractivity contribution in [3.8, 4) is 0 Å². The van der Waals surface area contributed by atoms with Crippen molar-refractivity contribution in [2.75, 3.05) is 60.7 Å². The van der Waals surface area contributed by atoms with Gasteiger partial charge < -0.3 is 29.9 Å². The average Bonchev–Trinajstić information content (AvgIpc) is 3.55. The molecule has 0 unspecified atom stereocenters. The van der Waals surface area contributed by atoms with Gasteiger partial charge in [-0.2, -0.15) is 4.98 Å². The van der Waals surface area contributed by atoms with Crippen LogP contribution in [0, 0.1) is 5.92 Å². The van der Waals surface area contributed by atoms with Crippen LogP contribution >= 0.6 is 0 Å². The SMILES string of the molecule is C=CC(=O)N1CCC[C@H]1c1ccc(N2CC([C@H]3C[C@](C)(O)CCS3(=O)=O)C2)c2cnc(Nc3ccnc(N4CC[C@@H](OC)[C@@H](F)C4)n3)cc12. The summed E-state index contributed by atoms with van der Waals surface area (Å²) < 4.78 is 45.8. The molecule has 3 aromatic rings. The molecule has 6 heterocycles. The fourth-order valence-electron chi connectivity index (χ4n) is 7.96. The Morgan fingerprint density at radius 2 is 1.94 bits per heavy atom. The molecule has 14 heteroatoms. The Bertz CT molecular complexity index is 1850. The Morgan fingerprint density at radius 3 is 2.69 bits per heavy atom. The molecule has 4 saturated heterocycles. The van der Waals surface area contributed by atoms with Crippen molar-refractivity contribution in [1.29, 1.82) is 0 Å². The third-order valence-corrected chi connectivity index (χ3v) is 13.0. The van der Waals surface area contributed by atoms with Gasteiger partial charge in [0.15, 0.2) is 9.84 Å². The normalized spacial score (nSPS) is 28.8. The topological polar surface area (TPSA) is 141 Å². The van der Waals surface area contributed by atoms with Crippen molar-refractivity contribution in [1.82, 2.24) is 19.9 Å². The van der Waals surface area contributed by atoms with E-state index in [0.717, 1.165) is 34.9 Å². The molecule has 12 nitrogen and oxygen atoms in total. The number of sulfone groups is 1. The number of benzene rings is 1. The molecule has 49 heavy (non-hydrogen) atoms. The number of amides is 1. The largest absolute Gasteiger partial charge is 0.390 e. The van der Waals surface area contributed by atoms with E-state index in [1.165, 1.54) is 13.2 Å². The summed E-state index contributed by atoms with van der Waals surface area (Å²) in [4.78, 5) is 32.5. The van der Waals surface area contributed by atoms with Crippen LogP contribution < -0.4 is 15.1 Å². The number of carbonyl (C=O) groups is 1. The number of piperidine rings is 1. The Kier molecular flexibility index (Phi) is 8.99. The van der Waals surface area contributed by atoms with E-state index in [4.69, 9.17) is 9.72 Å². The van der Waals surface area contributed by atoms with Gasteiger partial charge in [-0.1, -0.05) is 12.6 Å². The van der Waals surface area contributed by atoms with E-state index in [-0.39, 0.29) is 43.0 Å². The number of hydrogen-bond acceptors (Lipinski definition) is 11. The van der Waals surface area contributed by atoms with E-state index in [1.807, 2.05) is 28.1 Å². The second kappa shape index (κ2) is 13.1. The van der Waals surface area contributed by atoms with Crippen molar-refractivity contribution < 1.29 is 27.4 Å². The summed E-state index contributed by atoms with van der Waals surface area (Å²) in [6, 6.07) is 7.68. The van der Waals surface area contributed by atoms with E-state index >= 15 is 0 Å². The molecule has 1 aromatic carbocycles. The molecule has 0 radical (unpaired) electrons. The first kappa shape index (κ1) is 33.6. The predicted octanol–water partition coefficient (Wildman–Crippen LogP) is 3.95. The molecular formula is C35H44FN7O5S. The van der Waals surface area contributed by atoms with Crippen LogP contribution in [0.2, 0.25) is 0 Å². The number of methoxy groups -OCH3 is 1. The third-order valence-electron chi connectivity index (χ3n) is 10.8. The first-order valence-corrected chi connectivity index (χ1v) is 18.7. The number of rotatable bonds is 8. The number of nitrogens with zero attached hydrogens (tertiary/aromatic N) is 6. The predicted molar refractivity (Wildman–Crippen MR) is 187 cm³/mol. The number of anilines is 4. The van der Waals surface area contributed by atoms with Gasteiger partial charge in [-0.25, -0.2) is 22.8 Å². The monoisotopic (exact) mass is 693 g/mol. The number of hydrogen-bond donors (Lipinski definition) is 2. The van der Waals surface area contributed by atoms with Crippen LogP contribution in [-0.4, -0.2) is 108 Å². The van der Waals surface area contributed by atoms with Gasteiger partial charge in [-0.15, -0.1) is 0 Å². The van der Waals surface area contributed by atoms with Crippen LogP contribution in [0.25, 0.3) is 10.8 Å². The molecule has 0 spiro atoms. The number of fused-ring (bicyclic) bond motifs is 1. The van der Waals surface area contributed by atoms with Gasteiger partial charge in [0.05, 0.1) is 35.3 Å². The maximum absolute atomic E-state index is 14.6. The second-order valence-electron chi connectivity index (χ2n) is 14.1.